The Balaban J connectivity index is 1.47. The molecule has 7 nitrogen and oxygen atoms in total. The summed E-state index contributed by atoms with van der Waals surface area (Å²) in [4.78, 5) is 28.8. The molecule has 3 N–H and O–H groups in total. The second-order valence-electron chi connectivity index (χ2n) is 6.82. The summed E-state index contributed by atoms with van der Waals surface area (Å²) in [7, 11) is 1.59. The van der Waals surface area contributed by atoms with Crippen LogP contribution < -0.4 is 20.7 Å². The van der Waals surface area contributed by atoms with Crippen molar-refractivity contribution in [1.82, 2.24) is 4.98 Å². The topological polar surface area (TPSA) is 92.3 Å². The molecule has 30 heavy (non-hydrogen) atoms. The average Bonchev–Trinajstić information content (AvgIpc) is 3.17. The number of urea groups is 1. The Bertz CT molecular complexity index is 1030. The predicted octanol–water partition coefficient (Wildman–Crippen LogP) is 4.98. The molecule has 0 aliphatic rings. The van der Waals surface area contributed by atoms with Gasteiger partial charge in [0.1, 0.15) is 5.75 Å². The van der Waals surface area contributed by atoms with Crippen LogP contribution in [0.3, 0.4) is 0 Å². The van der Waals surface area contributed by atoms with Crippen molar-refractivity contribution >= 4 is 39.8 Å². The van der Waals surface area contributed by atoms with Gasteiger partial charge in [-0.3, -0.25) is 10.1 Å². The molecule has 156 valence electrons. The smallest absolute Gasteiger partial charge is 0.325 e. The average molecular weight is 425 g/mol. The Labute approximate surface area is 179 Å². The van der Waals surface area contributed by atoms with Crippen LogP contribution >= 0.6 is 11.3 Å². The van der Waals surface area contributed by atoms with Gasteiger partial charge in [-0.15, -0.1) is 11.3 Å². The highest BCUT2D eigenvalue weighted by molar-refractivity contribution is 7.13. The molecule has 0 radical (unpaired) electrons. The number of anilines is 3. The molecular formula is C22H24N4O3S. The fourth-order valence-corrected chi connectivity index (χ4v) is 3.48. The van der Waals surface area contributed by atoms with Crippen molar-refractivity contribution in [1.29, 1.82) is 0 Å². The first-order valence-corrected chi connectivity index (χ1v) is 10.3. The Kier molecular flexibility index (Phi) is 7.03. The maximum Gasteiger partial charge on any atom is 0.325 e. The van der Waals surface area contributed by atoms with Crippen LogP contribution in [0.1, 0.15) is 23.2 Å². The molecule has 3 rings (SSSR count). The van der Waals surface area contributed by atoms with Crippen LogP contribution in [-0.4, -0.2) is 24.0 Å². The van der Waals surface area contributed by atoms with Gasteiger partial charge in [-0.1, -0.05) is 12.1 Å². The van der Waals surface area contributed by atoms with Gasteiger partial charge in [-0.25, -0.2) is 9.78 Å². The predicted molar refractivity (Wildman–Crippen MR) is 121 cm³/mol. The van der Waals surface area contributed by atoms with Gasteiger partial charge >= 0.3 is 6.03 Å². The van der Waals surface area contributed by atoms with Gasteiger partial charge in [0.25, 0.3) is 0 Å². The van der Waals surface area contributed by atoms with E-state index in [9.17, 15) is 9.59 Å². The summed E-state index contributed by atoms with van der Waals surface area (Å²) in [6.07, 6.45) is 0.809. The van der Waals surface area contributed by atoms with Gasteiger partial charge in [-0.05, 0) is 61.7 Å². The maximum atomic E-state index is 12.3. The van der Waals surface area contributed by atoms with E-state index in [0.29, 0.717) is 29.4 Å². The van der Waals surface area contributed by atoms with Crippen LogP contribution in [0.5, 0.6) is 5.75 Å². The molecule has 1 aromatic heterocycles. The number of aryl methyl sites for hydroxylation is 3. The van der Waals surface area contributed by atoms with Crippen molar-refractivity contribution in [3.05, 3.63) is 64.7 Å². The number of benzene rings is 2. The Hall–Kier alpha value is -3.39. The summed E-state index contributed by atoms with van der Waals surface area (Å²) in [6, 6.07) is 12.6. The normalized spacial score (nSPS) is 10.4. The minimum atomic E-state index is -0.381. The first kappa shape index (κ1) is 21.3. The lowest BCUT2D eigenvalue weighted by atomic mass is 10.1. The summed E-state index contributed by atoms with van der Waals surface area (Å²) in [5.74, 6) is 0.649. The first-order chi connectivity index (χ1) is 14.4. The lowest BCUT2D eigenvalue weighted by Gasteiger charge is -2.09. The lowest BCUT2D eigenvalue weighted by molar-refractivity contribution is -0.116. The highest BCUT2D eigenvalue weighted by atomic mass is 32.1. The third kappa shape index (κ3) is 6.05. The zero-order chi connectivity index (χ0) is 21.5. The Morgan fingerprint density at radius 1 is 1.03 bits per heavy atom. The fourth-order valence-electron chi connectivity index (χ4n) is 2.74. The minimum Gasteiger partial charge on any atom is -0.497 e. The number of ether oxygens (including phenoxy) is 1. The van der Waals surface area contributed by atoms with Crippen LogP contribution in [0.4, 0.5) is 21.3 Å². The molecule has 0 bridgehead atoms. The molecule has 0 saturated heterocycles. The van der Waals surface area contributed by atoms with Gasteiger partial charge in [0, 0.05) is 23.2 Å². The number of thiazole rings is 1. The van der Waals surface area contributed by atoms with Crippen molar-refractivity contribution in [2.45, 2.75) is 26.7 Å². The quantitative estimate of drug-likeness (QED) is 0.498. The van der Waals surface area contributed by atoms with Crippen LogP contribution in [0, 0.1) is 13.8 Å². The third-order valence-corrected chi connectivity index (χ3v) is 5.20. The zero-order valence-corrected chi connectivity index (χ0v) is 17.9. The first-order valence-electron chi connectivity index (χ1n) is 9.46. The van der Waals surface area contributed by atoms with Gasteiger partial charge in [0.05, 0.1) is 12.8 Å². The van der Waals surface area contributed by atoms with E-state index in [1.165, 1.54) is 11.3 Å². The van der Waals surface area contributed by atoms with Crippen molar-refractivity contribution in [3.8, 4) is 5.75 Å². The summed E-state index contributed by atoms with van der Waals surface area (Å²) < 4.78 is 5.09. The summed E-state index contributed by atoms with van der Waals surface area (Å²) in [5.41, 5.74) is 4.36. The molecule has 0 aliphatic carbocycles. The molecular weight excluding hydrogens is 400 g/mol. The SMILES string of the molecule is COc1ccc(NC(=O)Nc2nc(CCC(=O)Nc3cc(C)ccc3C)cs2)cc1. The molecule has 0 unspecified atom stereocenters. The number of carbonyl (C=O) groups excluding carboxylic acids is 2. The summed E-state index contributed by atoms with van der Waals surface area (Å²) >= 11 is 1.32. The molecule has 0 saturated carbocycles. The fraction of sp³-hybridized carbons (Fsp3) is 0.227. The highest BCUT2D eigenvalue weighted by Gasteiger charge is 2.10. The molecule has 0 atom stereocenters. The molecule has 3 amide bonds. The second-order valence-corrected chi connectivity index (χ2v) is 7.68. The van der Waals surface area contributed by atoms with E-state index in [0.717, 1.165) is 22.5 Å². The standard InChI is InChI=1S/C22H24N4O3S/c1-14-4-5-15(2)19(12-14)25-20(27)11-8-17-13-30-22(24-17)26-21(28)23-16-6-9-18(29-3)10-7-16/h4-7,9-10,12-13H,8,11H2,1-3H3,(H,25,27)(H2,23,24,26,28). The van der Waals surface area contributed by atoms with E-state index in [1.54, 1.807) is 31.4 Å². The van der Waals surface area contributed by atoms with Crippen LogP contribution in [0.25, 0.3) is 0 Å². The molecule has 0 spiro atoms. The number of hydrogen-bond acceptors (Lipinski definition) is 5. The number of methoxy groups -OCH3 is 1. The van der Waals surface area contributed by atoms with E-state index in [-0.39, 0.29) is 11.9 Å². The van der Waals surface area contributed by atoms with Gasteiger partial charge in [-0.2, -0.15) is 0 Å². The second kappa shape index (κ2) is 9.89. The molecule has 8 heteroatoms. The molecule has 0 aliphatic heterocycles. The number of nitrogens with zero attached hydrogens (tertiary/aromatic N) is 1. The number of amides is 3. The summed E-state index contributed by atoms with van der Waals surface area (Å²) in [5, 5.41) is 10.7. The van der Waals surface area contributed by atoms with Crippen molar-refractivity contribution in [2.24, 2.45) is 0 Å². The largest absolute Gasteiger partial charge is 0.497 e. The van der Waals surface area contributed by atoms with Crippen LogP contribution in [-0.2, 0) is 11.2 Å². The van der Waals surface area contributed by atoms with Gasteiger partial charge in [0.2, 0.25) is 5.91 Å². The molecule has 0 fully saturated rings. The van der Waals surface area contributed by atoms with Crippen LogP contribution in [0.15, 0.2) is 47.8 Å². The number of carbonyl (C=O) groups is 2. The monoisotopic (exact) mass is 424 g/mol. The third-order valence-electron chi connectivity index (χ3n) is 4.40. The number of rotatable bonds is 7. The highest BCUT2D eigenvalue weighted by Crippen LogP contribution is 2.20. The number of hydrogen-bond donors (Lipinski definition) is 3. The van der Waals surface area contributed by atoms with E-state index >= 15 is 0 Å². The Morgan fingerprint density at radius 2 is 1.80 bits per heavy atom. The molecule has 2 aromatic carbocycles. The van der Waals surface area contributed by atoms with Crippen molar-refractivity contribution < 1.29 is 14.3 Å². The van der Waals surface area contributed by atoms with E-state index in [4.69, 9.17) is 4.74 Å². The van der Waals surface area contributed by atoms with E-state index < -0.39 is 0 Å². The van der Waals surface area contributed by atoms with E-state index in [1.807, 2.05) is 37.4 Å². The Morgan fingerprint density at radius 3 is 2.53 bits per heavy atom. The van der Waals surface area contributed by atoms with Gasteiger partial charge < -0.3 is 15.4 Å². The number of aromatic nitrogens is 1. The minimum absolute atomic E-state index is 0.0662. The van der Waals surface area contributed by atoms with Crippen molar-refractivity contribution in [3.63, 3.8) is 0 Å². The van der Waals surface area contributed by atoms with Gasteiger partial charge in [0.15, 0.2) is 5.13 Å². The number of nitrogens with one attached hydrogen (secondary N) is 3. The maximum absolute atomic E-state index is 12.3. The lowest BCUT2D eigenvalue weighted by Crippen LogP contribution is -2.19. The summed E-state index contributed by atoms with van der Waals surface area (Å²) in [6.45, 7) is 3.95. The molecule has 1 heterocycles. The van der Waals surface area contributed by atoms with Crippen LogP contribution in [0.2, 0.25) is 0 Å². The zero-order valence-electron chi connectivity index (χ0n) is 17.1. The van der Waals surface area contributed by atoms with Crippen molar-refractivity contribution in [2.75, 3.05) is 23.1 Å². The molecule has 3 aromatic rings. The van der Waals surface area contributed by atoms with E-state index in [2.05, 4.69) is 20.9 Å².